The molecule has 0 unspecified atom stereocenters. The Morgan fingerprint density at radius 2 is 1.20 bits per heavy atom. The second-order valence-corrected chi connectivity index (χ2v) is 9.31. The van der Waals surface area contributed by atoms with Crippen molar-refractivity contribution in [2.75, 3.05) is 50.2 Å². The van der Waals surface area contributed by atoms with Crippen molar-refractivity contribution in [1.82, 2.24) is 15.0 Å². The Bertz CT molecular complexity index is 1490. The summed E-state index contributed by atoms with van der Waals surface area (Å²) in [5.74, 6) is -12.7. The van der Waals surface area contributed by atoms with Gasteiger partial charge in [-0.25, -0.2) is 13.2 Å². The fraction of sp³-hybridized carbons (Fsp3) is 0.300. The number of benzene rings is 3. The maximum absolute atomic E-state index is 14.3. The van der Waals surface area contributed by atoms with Crippen LogP contribution in [-0.2, 0) is 28.9 Å². The quantitative estimate of drug-likeness (QED) is 0.0639. The standard InChI is InChI=1S/C30H31F5N6O3/c31-22-23(32)25(34)27(26(35)24(22)33)44-30-40-28(37-13-15-43-17-16-42-14-12-36)39-29(41-30)38-18-21-9-5-4-8-20(21)11-10-19-6-2-1-3-7-19/h1-9H,10-18,36H2,(H2,37,38,39,40,41). The molecule has 0 radical (unpaired) electrons. The van der Waals surface area contributed by atoms with Crippen molar-refractivity contribution in [3.8, 4) is 11.8 Å². The zero-order chi connectivity index (χ0) is 31.3. The van der Waals surface area contributed by atoms with Crippen LogP contribution < -0.4 is 21.1 Å². The van der Waals surface area contributed by atoms with Gasteiger partial charge in [0.1, 0.15) is 0 Å². The molecule has 44 heavy (non-hydrogen) atoms. The molecule has 0 bridgehead atoms. The summed E-state index contributed by atoms with van der Waals surface area (Å²) >= 11 is 0. The van der Waals surface area contributed by atoms with Gasteiger partial charge in [0.15, 0.2) is 0 Å². The maximum atomic E-state index is 14.3. The van der Waals surface area contributed by atoms with Gasteiger partial charge in [0.05, 0.1) is 26.4 Å². The van der Waals surface area contributed by atoms with Gasteiger partial charge in [0.2, 0.25) is 46.7 Å². The van der Waals surface area contributed by atoms with Crippen LogP contribution in [0.4, 0.5) is 33.8 Å². The summed E-state index contributed by atoms with van der Waals surface area (Å²) < 4.78 is 85.3. The Labute approximate surface area is 250 Å². The van der Waals surface area contributed by atoms with Crippen LogP contribution in [0, 0.1) is 29.1 Å². The third-order valence-corrected chi connectivity index (χ3v) is 6.22. The van der Waals surface area contributed by atoms with Crippen LogP contribution in [0.15, 0.2) is 54.6 Å². The van der Waals surface area contributed by atoms with Gasteiger partial charge < -0.3 is 30.6 Å². The van der Waals surface area contributed by atoms with Crippen molar-refractivity contribution in [2.24, 2.45) is 5.73 Å². The molecule has 0 atom stereocenters. The minimum Gasteiger partial charge on any atom is -0.418 e. The number of rotatable bonds is 17. The lowest BCUT2D eigenvalue weighted by atomic mass is 10.00. The van der Waals surface area contributed by atoms with Crippen LogP contribution in [0.2, 0.25) is 0 Å². The Hall–Kier alpha value is -4.40. The minimum atomic E-state index is -2.31. The van der Waals surface area contributed by atoms with Crippen LogP contribution in [0.1, 0.15) is 16.7 Å². The Kier molecular flexibility index (Phi) is 12.2. The molecule has 4 aromatic rings. The Morgan fingerprint density at radius 3 is 1.89 bits per heavy atom. The average Bonchev–Trinajstić information content (AvgIpc) is 3.05. The summed E-state index contributed by atoms with van der Waals surface area (Å²) in [6.45, 7) is 2.13. The van der Waals surface area contributed by atoms with E-state index in [1.807, 2.05) is 54.6 Å². The molecule has 1 heterocycles. The summed E-state index contributed by atoms with van der Waals surface area (Å²) in [4.78, 5) is 12.2. The number of aryl methyl sites for hydroxylation is 2. The van der Waals surface area contributed by atoms with Gasteiger partial charge in [-0.3, -0.25) is 0 Å². The molecular weight excluding hydrogens is 587 g/mol. The number of halogens is 5. The lowest BCUT2D eigenvalue weighted by Gasteiger charge is -2.14. The molecule has 0 saturated heterocycles. The average molecular weight is 619 g/mol. The Morgan fingerprint density at radius 1 is 0.614 bits per heavy atom. The SMILES string of the molecule is NCCOCCOCCNc1nc(NCc2ccccc2CCc2ccccc2)nc(Oc2c(F)c(F)c(F)c(F)c2F)n1. The largest absolute Gasteiger partial charge is 0.418 e. The van der Waals surface area contributed by atoms with Gasteiger partial charge in [-0.05, 0) is 29.5 Å². The van der Waals surface area contributed by atoms with E-state index < -0.39 is 40.8 Å². The number of hydrogen-bond acceptors (Lipinski definition) is 9. The van der Waals surface area contributed by atoms with Crippen molar-refractivity contribution in [3.63, 3.8) is 0 Å². The first-order valence-electron chi connectivity index (χ1n) is 13.8. The van der Waals surface area contributed by atoms with Gasteiger partial charge in [0.25, 0.3) is 0 Å². The predicted octanol–water partition coefficient (Wildman–Crippen LogP) is 5.16. The second kappa shape index (κ2) is 16.4. The van der Waals surface area contributed by atoms with Crippen molar-refractivity contribution in [2.45, 2.75) is 19.4 Å². The molecule has 0 saturated carbocycles. The van der Waals surface area contributed by atoms with E-state index in [4.69, 9.17) is 19.9 Å². The van der Waals surface area contributed by atoms with E-state index in [-0.39, 0.29) is 31.6 Å². The fourth-order valence-electron chi connectivity index (χ4n) is 4.04. The van der Waals surface area contributed by atoms with Gasteiger partial charge in [0, 0.05) is 19.6 Å². The van der Waals surface area contributed by atoms with E-state index in [0.717, 1.165) is 24.0 Å². The minimum absolute atomic E-state index is 0.0738. The molecule has 0 fully saturated rings. The highest BCUT2D eigenvalue weighted by Gasteiger charge is 2.28. The topological polar surface area (TPSA) is 116 Å². The number of nitrogens with zero attached hydrogens (tertiary/aromatic N) is 3. The number of ether oxygens (including phenoxy) is 3. The van der Waals surface area contributed by atoms with Crippen molar-refractivity contribution < 1.29 is 36.2 Å². The normalized spacial score (nSPS) is 11.0. The number of hydrogen-bond donors (Lipinski definition) is 3. The first-order valence-corrected chi connectivity index (χ1v) is 13.8. The van der Waals surface area contributed by atoms with Crippen LogP contribution >= 0.6 is 0 Å². The molecule has 9 nitrogen and oxygen atoms in total. The first-order chi connectivity index (χ1) is 21.4. The highest BCUT2D eigenvalue weighted by molar-refractivity contribution is 5.40. The first kappa shape index (κ1) is 32.5. The molecule has 3 aromatic carbocycles. The van der Waals surface area contributed by atoms with Gasteiger partial charge >= 0.3 is 6.01 Å². The van der Waals surface area contributed by atoms with E-state index in [0.29, 0.717) is 26.4 Å². The molecule has 0 aliphatic rings. The van der Waals surface area contributed by atoms with E-state index >= 15 is 0 Å². The second-order valence-electron chi connectivity index (χ2n) is 9.31. The zero-order valence-electron chi connectivity index (χ0n) is 23.6. The molecule has 4 rings (SSSR count). The summed E-state index contributed by atoms with van der Waals surface area (Å²) in [5, 5.41) is 5.88. The molecule has 1 aromatic heterocycles. The number of nitrogens with one attached hydrogen (secondary N) is 2. The predicted molar refractivity (Wildman–Crippen MR) is 153 cm³/mol. The molecule has 0 aliphatic carbocycles. The summed E-state index contributed by atoms with van der Waals surface area (Å²) in [5.41, 5.74) is 8.55. The lowest BCUT2D eigenvalue weighted by molar-refractivity contribution is 0.0547. The zero-order valence-corrected chi connectivity index (χ0v) is 23.6. The van der Waals surface area contributed by atoms with E-state index in [1.165, 1.54) is 5.56 Å². The van der Waals surface area contributed by atoms with Crippen molar-refractivity contribution in [3.05, 3.63) is 100 Å². The molecule has 234 valence electrons. The number of anilines is 2. The van der Waals surface area contributed by atoms with Crippen LogP contribution in [-0.4, -0.2) is 54.5 Å². The van der Waals surface area contributed by atoms with Crippen molar-refractivity contribution in [1.29, 1.82) is 0 Å². The third kappa shape index (κ3) is 9.05. The molecule has 4 N–H and O–H groups in total. The summed E-state index contributed by atoms with van der Waals surface area (Å²) in [6.07, 6.45) is 1.58. The number of nitrogens with two attached hydrogens (primary N) is 1. The van der Waals surface area contributed by atoms with E-state index in [9.17, 15) is 22.0 Å². The molecule has 0 amide bonds. The maximum Gasteiger partial charge on any atom is 0.328 e. The highest BCUT2D eigenvalue weighted by atomic mass is 19.2. The lowest BCUT2D eigenvalue weighted by Crippen LogP contribution is -2.17. The van der Waals surface area contributed by atoms with Crippen LogP contribution in [0.25, 0.3) is 0 Å². The van der Waals surface area contributed by atoms with Crippen LogP contribution in [0.3, 0.4) is 0 Å². The highest BCUT2D eigenvalue weighted by Crippen LogP contribution is 2.32. The monoisotopic (exact) mass is 618 g/mol. The Balaban J connectivity index is 1.50. The van der Waals surface area contributed by atoms with Gasteiger partial charge in [-0.15, -0.1) is 0 Å². The molecular formula is C30H31F5N6O3. The number of aromatic nitrogens is 3. The summed E-state index contributed by atoms with van der Waals surface area (Å²) in [7, 11) is 0. The molecule has 0 spiro atoms. The van der Waals surface area contributed by atoms with Crippen LogP contribution in [0.5, 0.6) is 11.8 Å². The molecule has 0 aliphatic heterocycles. The molecule has 14 heteroatoms. The fourth-order valence-corrected chi connectivity index (χ4v) is 4.04. The third-order valence-electron chi connectivity index (χ3n) is 6.22. The van der Waals surface area contributed by atoms with Gasteiger partial charge in [-0.2, -0.15) is 23.7 Å². The van der Waals surface area contributed by atoms with Crippen molar-refractivity contribution >= 4 is 11.9 Å². The van der Waals surface area contributed by atoms with E-state index in [1.54, 1.807) is 0 Å². The van der Waals surface area contributed by atoms with E-state index in [2.05, 4.69) is 25.6 Å². The smallest absolute Gasteiger partial charge is 0.328 e. The summed E-state index contributed by atoms with van der Waals surface area (Å²) in [6, 6.07) is 17.0. The van der Waals surface area contributed by atoms with Gasteiger partial charge in [-0.1, -0.05) is 54.6 Å².